The Morgan fingerprint density at radius 3 is 1.22 bits per heavy atom. The molecule has 17 aromatic rings. The first-order valence-corrected chi connectivity index (χ1v) is 49.0. The van der Waals surface area contributed by atoms with Crippen LogP contribution >= 0.6 is 76.1 Å². The molecular weight excluding hydrogens is 2240 g/mol. The van der Waals surface area contributed by atoms with Gasteiger partial charge in [-0.25, -0.2) is 26.4 Å². The van der Waals surface area contributed by atoms with Crippen molar-refractivity contribution in [3.8, 4) is 28.4 Å². The Hall–Kier alpha value is -12.1. The second-order valence-corrected chi connectivity index (χ2v) is 37.1. The summed E-state index contributed by atoms with van der Waals surface area (Å²) in [7, 11) is -8.29. The summed E-state index contributed by atoms with van der Waals surface area (Å²) >= 11 is 13.1. The van der Waals surface area contributed by atoms with Gasteiger partial charge in [-0.2, -0.15) is 17.6 Å². The van der Waals surface area contributed by atoms with Gasteiger partial charge in [-0.15, -0.1) is 16.9 Å². The Morgan fingerprint density at radius 2 is 0.791 bits per heavy atom. The zero-order chi connectivity index (χ0) is 104. The van der Waals surface area contributed by atoms with Crippen molar-refractivity contribution in [3.63, 3.8) is 0 Å². The van der Waals surface area contributed by atoms with E-state index in [0.29, 0.717) is 124 Å². The maximum atomic E-state index is 14.0. The fourth-order valence-corrected chi connectivity index (χ4v) is 18.6. The maximum Gasteiger partial charge on any atom is 1.00 e. The molecule has 0 unspecified atom stereocenters. The number of rotatable bonds is 26. The number of aliphatic hydroxyl groups excluding tert-OH is 1. The number of para-hydroxylation sites is 3. The van der Waals surface area contributed by atoms with Crippen LogP contribution < -0.4 is 64.1 Å². The van der Waals surface area contributed by atoms with Crippen molar-refractivity contribution in [1.29, 1.82) is 0 Å². The number of hydrogen-bond donors (Lipinski definition) is 6. The molecule has 12 aromatic carbocycles. The zero-order valence-corrected chi connectivity index (χ0v) is 88.8. The van der Waals surface area contributed by atoms with E-state index in [0.717, 1.165) is 89.8 Å². The van der Waals surface area contributed by atoms with Crippen molar-refractivity contribution in [2.75, 3.05) is 34.0 Å². The van der Waals surface area contributed by atoms with Gasteiger partial charge in [0.25, 0.3) is 44.1 Å². The van der Waals surface area contributed by atoms with E-state index in [1.807, 2.05) is 91.0 Å². The predicted octanol–water partition coefficient (Wildman–Crippen LogP) is 15.6. The molecule has 17 rings (SSSR count). The van der Waals surface area contributed by atoms with Crippen LogP contribution in [0.25, 0.3) is 66.0 Å². The van der Waals surface area contributed by atoms with E-state index in [-0.39, 0.29) is 134 Å². The van der Waals surface area contributed by atoms with Crippen LogP contribution in [0, 0.1) is 24.1 Å². The minimum atomic E-state index is -4.77. The number of phenols is 1. The number of aliphatic hydroxyl groups is 1. The zero-order valence-electron chi connectivity index (χ0n) is 81.0. The number of sulfonamides is 2. The third-order valence-electron chi connectivity index (χ3n) is 20.0. The average molecular weight is 2340 g/mol. The Labute approximate surface area is 914 Å². The molecule has 0 saturated carbocycles. The topological polar surface area (TPSA) is 450 Å². The third-order valence-corrected chi connectivity index (χ3v) is 26.0. The number of aromatic hydroxyl groups is 1. The fourth-order valence-electron chi connectivity index (χ4n) is 13.4. The quantitative estimate of drug-likeness (QED) is 0.00964. The number of nitrogens with two attached hydrogens (primary N) is 2. The fraction of sp³-hybridized carbons (Fsp3) is 0.155. The first-order chi connectivity index (χ1) is 68.5. The van der Waals surface area contributed by atoms with Crippen LogP contribution in [0.4, 0.5) is 22.0 Å². The number of methoxy groups -OCH3 is 2. The molecule has 0 aliphatic heterocycles. The summed E-state index contributed by atoms with van der Waals surface area (Å²) in [5.41, 5.74) is 23.0. The summed E-state index contributed by atoms with van der Waals surface area (Å²) in [5.74, 6) is -0.388. The molecule has 3 radical (unpaired) electrons. The summed E-state index contributed by atoms with van der Waals surface area (Å²) in [4.78, 5) is 56.3. The molecule has 767 valence electrons. The van der Waals surface area contributed by atoms with Crippen LogP contribution in [0.3, 0.4) is 0 Å². The van der Waals surface area contributed by atoms with Crippen LogP contribution in [0.2, 0.25) is 0 Å². The van der Waals surface area contributed by atoms with Crippen molar-refractivity contribution >= 4 is 202 Å². The Morgan fingerprint density at radius 1 is 0.426 bits per heavy atom. The van der Waals surface area contributed by atoms with E-state index in [2.05, 4.69) is 73.2 Å². The molecule has 148 heavy (non-hydrogen) atoms. The standard InChI is InChI=1S/C26H24FNO4.C19H16BrFO4.C12H10FNO4S2.C10H6BrFO3.C10H7BrO3.C10H12O3.C9H6BrFO2.C7H10BNO2.B.ClH.2Li.H2O.H/c1-2-30-25(29)14-20-7-3-4-9-23(20)31-16-18-11-21-13-24(27)32-26(21)22(12-18)19-8-5-6-17(10-19)15-28;1-2-23-18(22)10-13-5-3-4-6-16(13)24-11-12-7-14-9-17(21)25-19(14)15(20)8-12;13-14(19(15,16)11-7-3-1-4-8-11)20(17,18)12-9-5-2-6-10-12;1-14-10(13)6-2-5-4-8(12)15-9(5)7(11)3-6;1-13-10(12)7-4-6-2-3-14-9(6)8(11)5-7;1-2-13-10(12)7-8-5-3-4-6-9(8)11;10-7-2-5(4-12)1-6-3-8(11)13-9(6)7;9-5-6-2-1-3-7(4-6)8(10)11;;;;;;/h3-13H,2,14-16,28H2,1H3;3-9H,2,10-11H2,1H3;1-10H;2-4H,1H3;2-5H,1H3;3-6,11H,2,7H2,1H3;1-3,12H,4H2;1-4,10-11H,5,9H2;;1H;;;1H2;/q;;;;;;;;;;2*+1;;-1/p-1. The monoisotopic (exact) mass is 2330 g/mol. The van der Waals surface area contributed by atoms with Gasteiger partial charge in [0, 0.05) is 95.0 Å². The number of fused-ring (bicyclic) bond motifs is 5. The number of benzene rings is 12. The summed E-state index contributed by atoms with van der Waals surface area (Å²) < 4.78 is 177. The maximum absolute atomic E-state index is 14.0. The molecule has 0 fully saturated rings. The van der Waals surface area contributed by atoms with E-state index >= 15 is 0 Å². The third kappa shape index (κ3) is 36.1. The minimum absolute atomic E-state index is 0. The van der Waals surface area contributed by atoms with Gasteiger partial charge in [0.1, 0.15) is 41.6 Å². The van der Waals surface area contributed by atoms with Crippen molar-refractivity contribution < 1.29 is 183 Å². The van der Waals surface area contributed by atoms with Crippen molar-refractivity contribution in [1.82, 2.24) is 3.93 Å². The van der Waals surface area contributed by atoms with Crippen molar-refractivity contribution in [2.45, 2.75) is 82.7 Å². The Kier molecular flexibility index (Phi) is 52.7. The molecule has 0 aliphatic rings. The van der Waals surface area contributed by atoms with E-state index in [9.17, 15) is 68.0 Å². The summed E-state index contributed by atoms with van der Waals surface area (Å²) in [6.45, 7) is 7.62. The largest absolute Gasteiger partial charge is 1.00 e. The molecule has 9 N–H and O–H groups in total. The molecule has 0 aliphatic carbocycles. The molecule has 5 heterocycles. The number of carbonyl (C=O) groups excluding carboxylic acids is 5. The number of carbonyl (C=O) groups is 5. The minimum Gasteiger partial charge on any atom is -1.00 e. The second-order valence-electron chi connectivity index (χ2n) is 30.0. The number of furan rings is 5. The molecule has 0 saturated heterocycles. The Bertz CT molecular complexity index is 7460. The smallest absolute Gasteiger partial charge is 1.00 e. The molecule has 45 heteroatoms. The molecule has 0 bridgehead atoms. The first-order valence-electron chi connectivity index (χ1n) is 43.0. The van der Waals surface area contributed by atoms with Gasteiger partial charge in [0.15, 0.2) is 16.7 Å². The van der Waals surface area contributed by atoms with Crippen LogP contribution in [0.1, 0.15) is 87.4 Å². The second kappa shape index (κ2) is 61.8. The average Bonchev–Trinajstić information content (AvgIpc) is 1.76. The van der Waals surface area contributed by atoms with E-state index in [1.165, 1.54) is 87.0 Å². The van der Waals surface area contributed by atoms with Gasteiger partial charge < -0.3 is 93.9 Å². The summed E-state index contributed by atoms with van der Waals surface area (Å²) in [6.07, 6.45) is 1.99. The Balaban J connectivity index is 0.000000361. The number of phenolic OH excluding ortho intramolecular Hbond substituents is 1. The molecule has 0 amide bonds. The van der Waals surface area contributed by atoms with Gasteiger partial charge in [-0.3, -0.25) is 14.4 Å². The number of ether oxygens (including phenoxy) is 7. The van der Waals surface area contributed by atoms with E-state index in [4.69, 9.17) is 72.4 Å². The summed E-state index contributed by atoms with van der Waals surface area (Å²) in [6, 6.07) is 70.7. The van der Waals surface area contributed by atoms with Gasteiger partial charge in [-0.05, 0) is 239 Å². The van der Waals surface area contributed by atoms with Crippen LogP contribution in [-0.2, 0) is 110 Å². The van der Waals surface area contributed by atoms with Gasteiger partial charge >= 0.3 is 74.7 Å². The van der Waals surface area contributed by atoms with E-state index < -0.39 is 70.9 Å². The first kappa shape index (κ1) is 126. The molecule has 0 spiro atoms. The van der Waals surface area contributed by atoms with Crippen LogP contribution in [0.15, 0.2) is 329 Å². The molecule has 0 atom stereocenters. The van der Waals surface area contributed by atoms with Crippen molar-refractivity contribution in [2.24, 2.45) is 11.5 Å². The molecule has 5 aromatic heterocycles. The SMILES string of the molecule is CCOC(=O)Cc1ccccc1O.CCOC(=O)Cc1ccccc1OCc1cc(-c2cccc(CN)c2)c2oc(F)cc2c1.CCOC(=O)Cc1ccccc1OCc1cc(Br)c2oc(F)cc2c1.COC(=O)c1cc(Br)c2oc(F)cc2c1.COC(=O)c1cc(Br)c2occc2c1.Cl.NCc1cccc(B(O)O)c1.O=S(=O)(c1ccccc1)N(F)S(=O)(=O)c1ccccc1.OCc1cc(Br)c2oc(F)cc2c1.[B].[H-].[Li+].[Li+].[OH-]. The van der Waals surface area contributed by atoms with E-state index in [1.54, 1.807) is 112 Å². The number of hydrogen-bond acceptors (Lipinski definition) is 28. The van der Waals surface area contributed by atoms with Gasteiger partial charge in [0.05, 0.1) is 109 Å². The van der Waals surface area contributed by atoms with Crippen LogP contribution in [-0.4, -0.2) is 126 Å². The molecular formula is C103H94B2Br4ClF5Li2N3O26S2. The summed E-state index contributed by atoms with van der Waals surface area (Å²) in [5, 5.41) is 39.1. The number of esters is 5. The van der Waals surface area contributed by atoms with Crippen molar-refractivity contribution in [3.05, 3.63) is 377 Å². The normalized spacial score (nSPS) is 10.5. The van der Waals surface area contributed by atoms with Crippen LogP contribution in [0.5, 0.6) is 17.2 Å². The number of nitrogens with zero attached hydrogens (tertiary/aromatic N) is 1. The predicted molar refractivity (Wildman–Crippen MR) is 555 cm³/mol. The van der Waals surface area contributed by atoms with Gasteiger partial charge in [0.2, 0.25) is 0 Å². The molecule has 29 nitrogen and oxygen atoms in total. The number of halogens is 10. The van der Waals surface area contributed by atoms with Gasteiger partial charge in [-0.1, -0.05) is 133 Å².